The molecular formula is C18H28N2O5. The molecule has 0 fully saturated rings. The number of rotatable bonds is 7. The number of hydrogen-bond acceptors (Lipinski definition) is 5. The van der Waals surface area contributed by atoms with Gasteiger partial charge in [-0.05, 0) is 32.8 Å². The number of benzene rings is 1. The van der Waals surface area contributed by atoms with Gasteiger partial charge in [0.15, 0.2) is 6.10 Å². The number of ether oxygens (including phenoxy) is 2. The number of alkyl carbamates (subject to hydrolysis) is 1. The molecule has 1 aromatic carbocycles. The van der Waals surface area contributed by atoms with E-state index in [2.05, 4.69) is 5.32 Å². The molecule has 0 aliphatic rings. The third kappa shape index (κ3) is 7.11. The minimum absolute atomic E-state index is 0.401. The van der Waals surface area contributed by atoms with Gasteiger partial charge in [0.2, 0.25) is 0 Å². The fourth-order valence-corrected chi connectivity index (χ4v) is 2.27. The first kappa shape index (κ1) is 20.9. The largest absolute Gasteiger partial charge is 0.444 e. The number of carbonyl (C=O) groups excluding carboxylic acids is 2. The number of carbonyl (C=O) groups is 2. The molecule has 0 spiro atoms. The lowest BCUT2D eigenvalue weighted by atomic mass is 10.0. The van der Waals surface area contributed by atoms with Crippen molar-refractivity contribution in [3.05, 3.63) is 35.9 Å². The van der Waals surface area contributed by atoms with E-state index in [4.69, 9.17) is 14.3 Å². The molecule has 25 heavy (non-hydrogen) atoms. The molecule has 2 amide bonds. The van der Waals surface area contributed by atoms with Crippen LogP contribution in [0.4, 0.5) is 4.79 Å². The second kappa shape index (κ2) is 9.39. The molecule has 0 aromatic heterocycles. The fourth-order valence-electron chi connectivity index (χ4n) is 2.27. The average molecular weight is 352 g/mol. The Labute approximate surface area is 149 Å². The zero-order valence-electron chi connectivity index (χ0n) is 15.7. The smallest absolute Gasteiger partial charge is 0.407 e. The molecular weight excluding hydrogens is 324 g/mol. The quantitative estimate of drug-likeness (QED) is 0.761. The Kier molecular flexibility index (Phi) is 7.86. The average Bonchev–Trinajstić information content (AvgIpc) is 2.53. The van der Waals surface area contributed by atoms with Gasteiger partial charge in [-0.1, -0.05) is 30.3 Å². The van der Waals surface area contributed by atoms with Gasteiger partial charge in [0, 0.05) is 14.2 Å². The fraction of sp³-hybridized carbons (Fsp3) is 0.556. The summed E-state index contributed by atoms with van der Waals surface area (Å²) in [4.78, 5) is 29.6. The Hall–Kier alpha value is -2.12. The zero-order valence-corrected chi connectivity index (χ0v) is 15.7. The van der Waals surface area contributed by atoms with E-state index < -0.39 is 29.7 Å². The van der Waals surface area contributed by atoms with Crippen LogP contribution in [0.5, 0.6) is 0 Å². The van der Waals surface area contributed by atoms with Crippen molar-refractivity contribution in [3.63, 3.8) is 0 Å². The molecule has 1 rings (SSSR count). The molecule has 0 saturated heterocycles. The van der Waals surface area contributed by atoms with Crippen LogP contribution in [0.15, 0.2) is 30.3 Å². The lowest BCUT2D eigenvalue weighted by Gasteiger charge is -2.29. The van der Waals surface area contributed by atoms with E-state index in [1.165, 1.54) is 21.3 Å². The number of amides is 2. The molecule has 2 atom stereocenters. The van der Waals surface area contributed by atoms with E-state index in [-0.39, 0.29) is 0 Å². The van der Waals surface area contributed by atoms with Crippen molar-refractivity contribution in [2.24, 2.45) is 0 Å². The minimum atomic E-state index is -0.919. The summed E-state index contributed by atoms with van der Waals surface area (Å²) >= 11 is 0. The van der Waals surface area contributed by atoms with E-state index in [1.54, 1.807) is 20.8 Å². The summed E-state index contributed by atoms with van der Waals surface area (Å²) in [6.45, 7) is 5.32. The third-order valence-electron chi connectivity index (χ3n) is 3.45. The highest BCUT2D eigenvalue weighted by atomic mass is 16.7. The predicted molar refractivity (Wildman–Crippen MR) is 93.9 cm³/mol. The van der Waals surface area contributed by atoms with Gasteiger partial charge in [0.25, 0.3) is 5.91 Å². The number of nitrogens with zero attached hydrogens (tertiary/aromatic N) is 1. The predicted octanol–water partition coefficient (Wildman–Crippen LogP) is 2.16. The summed E-state index contributed by atoms with van der Waals surface area (Å²) in [6, 6.07) is 8.90. The Balaban J connectivity index is 3.00. The molecule has 0 radical (unpaired) electrons. The summed E-state index contributed by atoms with van der Waals surface area (Å²) in [6.07, 6.45) is -1.12. The highest BCUT2D eigenvalue weighted by Gasteiger charge is 2.33. The maximum atomic E-state index is 12.5. The van der Waals surface area contributed by atoms with Crippen molar-refractivity contribution in [3.8, 4) is 0 Å². The first-order valence-electron chi connectivity index (χ1n) is 8.06. The molecule has 7 heteroatoms. The summed E-state index contributed by atoms with van der Waals surface area (Å²) in [5.74, 6) is -0.401. The van der Waals surface area contributed by atoms with Crippen LogP contribution in [-0.2, 0) is 25.5 Å². The number of hydroxylamine groups is 2. The van der Waals surface area contributed by atoms with Gasteiger partial charge in [-0.15, -0.1) is 0 Å². The molecule has 7 nitrogen and oxygen atoms in total. The summed E-state index contributed by atoms with van der Waals surface area (Å²) < 4.78 is 10.7. The number of nitrogens with one attached hydrogen (secondary N) is 1. The zero-order chi connectivity index (χ0) is 19.0. The molecule has 0 bridgehead atoms. The molecule has 0 aliphatic carbocycles. The van der Waals surface area contributed by atoms with Gasteiger partial charge >= 0.3 is 6.09 Å². The molecule has 1 aromatic rings. The van der Waals surface area contributed by atoms with Crippen molar-refractivity contribution >= 4 is 12.0 Å². The molecule has 1 unspecified atom stereocenters. The monoisotopic (exact) mass is 352 g/mol. The maximum absolute atomic E-state index is 12.5. The standard InChI is InChI=1S/C18H28N2O5/c1-18(2,3)25-17(22)19-14(12-13-10-8-7-9-11-13)15(23-5)16(21)20(4)24-6/h7-11,14-15H,12H2,1-6H3,(H,19,22)/t14?,15-/m1/s1. The Bertz CT molecular complexity index is 556. The SMILES string of the molecule is CO[C@@H](C(=O)N(C)OC)C(Cc1ccccc1)NC(=O)OC(C)(C)C. The molecule has 140 valence electrons. The lowest BCUT2D eigenvalue weighted by molar-refractivity contribution is -0.181. The highest BCUT2D eigenvalue weighted by Crippen LogP contribution is 2.13. The Morgan fingerprint density at radius 3 is 2.24 bits per heavy atom. The van der Waals surface area contributed by atoms with Crippen LogP contribution in [0.3, 0.4) is 0 Å². The summed E-state index contributed by atoms with van der Waals surface area (Å²) in [5, 5.41) is 3.82. The van der Waals surface area contributed by atoms with Crippen LogP contribution >= 0.6 is 0 Å². The van der Waals surface area contributed by atoms with Gasteiger partial charge in [-0.25, -0.2) is 9.86 Å². The third-order valence-corrected chi connectivity index (χ3v) is 3.45. The van der Waals surface area contributed by atoms with Crippen LogP contribution in [0, 0.1) is 0 Å². The lowest BCUT2D eigenvalue weighted by Crippen LogP contribution is -2.53. The van der Waals surface area contributed by atoms with Gasteiger partial charge in [0.1, 0.15) is 5.60 Å². The second-order valence-electron chi connectivity index (χ2n) is 6.62. The van der Waals surface area contributed by atoms with E-state index >= 15 is 0 Å². The second-order valence-corrected chi connectivity index (χ2v) is 6.62. The van der Waals surface area contributed by atoms with Crippen molar-refractivity contribution in [1.29, 1.82) is 0 Å². The number of likely N-dealkylation sites (N-methyl/N-ethyl adjacent to an activating group) is 1. The highest BCUT2D eigenvalue weighted by molar-refractivity contribution is 5.81. The van der Waals surface area contributed by atoms with Crippen molar-refractivity contribution in [1.82, 2.24) is 10.4 Å². The summed E-state index contributed by atoms with van der Waals surface area (Å²) in [7, 11) is 4.29. The van der Waals surface area contributed by atoms with Crippen LogP contribution in [-0.4, -0.2) is 56.1 Å². The molecule has 1 N–H and O–H groups in total. The molecule has 0 heterocycles. The Morgan fingerprint density at radius 1 is 1.16 bits per heavy atom. The minimum Gasteiger partial charge on any atom is -0.444 e. The Morgan fingerprint density at radius 2 is 1.76 bits per heavy atom. The van der Waals surface area contributed by atoms with E-state index in [9.17, 15) is 9.59 Å². The summed E-state index contributed by atoms with van der Waals surface area (Å²) in [5.41, 5.74) is 0.315. The van der Waals surface area contributed by atoms with E-state index in [0.29, 0.717) is 6.42 Å². The van der Waals surface area contributed by atoms with Crippen LogP contribution < -0.4 is 5.32 Å². The van der Waals surface area contributed by atoms with Crippen molar-refractivity contribution in [2.45, 2.75) is 44.9 Å². The van der Waals surface area contributed by atoms with Gasteiger partial charge < -0.3 is 14.8 Å². The van der Waals surface area contributed by atoms with Gasteiger partial charge in [-0.3, -0.25) is 9.63 Å². The first-order valence-corrected chi connectivity index (χ1v) is 8.06. The van der Waals surface area contributed by atoms with Crippen molar-refractivity contribution in [2.75, 3.05) is 21.3 Å². The normalized spacial score (nSPS) is 13.7. The van der Waals surface area contributed by atoms with E-state index in [1.807, 2.05) is 30.3 Å². The molecule has 0 aliphatic heterocycles. The van der Waals surface area contributed by atoms with Crippen molar-refractivity contribution < 1.29 is 23.9 Å². The van der Waals surface area contributed by atoms with Crippen LogP contribution in [0.1, 0.15) is 26.3 Å². The maximum Gasteiger partial charge on any atom is 0.407 e. The van der Waals surface area contributed by atoms with Crippen LogP contribution in [0.25, 0.3) is 0 Å². The number of methoxy groups -OCH3 is 1. The van der Waals surface area contributed by atoms with Crippen LogP contribution in [0.2, 0.25) is 0 Å². The molecule has 0 saturated carbocycles. The number of hydrogen-bond donors (Lipinski definition) is 1. The topological polar surface area (TPSA) is 77.1 Å². The first-order chi connectivity index (χ1) is 11.7. The van der Waals surface area contributed by atoms with E-state index in [0.717, 1.165) is 10.6 Å². The van der Waals surface area contributed by atoms with Gasteiger partial charge in [0.05, 0.1) is 13.2 Å². The van der Waals surface area contributed by atoms with Gasteiger partial charge in [-0.2, -0.15) is 0 Å².